The lowest BCUT2D eigenvalue weighted by Gasteiger charge is -2.23. The van der Waals surface area contributed by atoms with Crippen LogP contribution in [0.5, 0.6) is 0 Å². The molecule has 2 N–H and O–H groups in total. The number of hydrogen-bond donors (Lipinski definition) is 2. The fourth-order valence-electron chi connectivity index (χ4n) is 3.27. The van der Waals surface area contributed by atoms with E-state index in [1.807, 2.05) is 36.4 Å². The Morgan fingerprint density at radius 3 is 2.47 bits per heavy atom. The van der Waals surface area contributed by atoms with Gasteiger partial charge in [-0.15, -0.1) is 24.8 Å². The third-order valence-electron chi connectivity index (χ3n) is 4.53. The van der Waals surface area contributed by atoms with Crippen LogP contribution in [0.1, 0.15) is 6.92 Å². The molecular formula is C22H23Cl2N5O. The first-order valence-electron chi connectivity index (χ1n) is 9.19. The van der Waals surface area contributed by atoms with Crippen molar-refractivity contribution in [1.82, 2.24) is 15.4 Å². The number of amides is 1. The zero-order valence-electron chi connectivity index (χ0n) is 16.4. The minimum Gasteiger partial charge on any atom is -0.383 e. The maximum Gasteiger partial charge on any atom is 0.238 e. The highest BCUT2D eigenvalue weighted by Crippen LogP contribution is 2.23. The summed E-state index contributed by atoms with van der Waals surface area (Å²) in [5.41, 5.74) is 6.41. The molecule has 0 saturated carbocycles. The number of carbonyl (C=O) groups excluding carboxylic acids is 1. The van der Waals surface area contributed by atoms with Crippen molar-refractivity contribution in [2.45, 2.75) is 6.92 Å². The molecule has 30 heavy (non-hydrogen) atoms. The molecule has 0 unspecified atom stereocenters. The van der Waals surface area contributed by atoms with Crippen LogP contribution in [0.4, 0.5) is 11.4 Å². The molecule has 0 spiro atoms. The van der Waals surface area contributed by atoms with E-state index in [0.29, 0.717) is 24.3 Å². The maximum absolute atomic E-state index is 12.2. The van der Waals surface area contributed by atoms with Gasteiger partial charge in [0, 0.05) is 43.5 Å². The van der Waals surface area contributed by atoms with Gasteiger partial charge in [0.1, 0.15) is 5.52 Å². The Morgan fingerprint density at radius 2 is 1.63 bits per heavy atom. The quantitative estimate of drug-likeness (QED) is 0.336. The summed E-state index contributed by atoms with van der Waals surface area (Å²) in [7, 11) is 0. The maximum atomic E-state index is 12.2. The van der Waals surface area contributed by atoms with Crippen molar-refractivity contribution in [2.75, 3.05) is 23.4 Å². The van der Waals surface area contributed by atoms with Crippen molar-refractivity contribution >= 4 is 63.9 Å². The number of nitrogens with zero attached hydrogens (tertiary/aromatic N) is 3. The molecule has 156 valence electrons. The van der Waals surface area contributed by atoms with Crippen molar-refractivity contribution in [3.63, 3.8) is 0 Å². The summed E-state index contributed by atoms with van der Waals surface area (Å²) in [5.74, 6) is -0.108. The summed E-state index contributed by atoms with van der Waals surface area (Å²) in [6.45, 7) is 2.76. The summed E-state index contributed by atoms with van der Waals surface area (Å²) < 4.78 is 0. The molecule has 1 amide bonds. The molecule has 3 aromatic carbocycles. The molecular weight excluding hydrogens is 421 g/mol. The highest BCUT2D eigenvalue weighted by Gasteiger charge is 2.15. The van der Waals surface area contributed by atoms with Crippen molar-refractivity contribution in [3.05, 3.63) is 73.1 Å². The summed E-state index contributed by atoms with van der Waals surface area (Å²) in [6.07, 6.45) is 3.28. The lowest BCUT2D eigenvalue weighted by atomic mass is 10.1. The molecule has 0 bridgehead atoms. The molecule has 1 aromatic heterocycles. The molecule has 0 radical (unpaired) electrons. The number of halogens is 2. The first-order chi connectivity index (χ1) is 13.7. The van der Waals surface area contributed by atoms with Crippen LogP contribution in [0, 0.1) is 0 Å². The first-order valence-corrected chi connectivity index (χ1v) is 9.19. The molecule has 0 atom stereocenters. The number of benzene rings is 3. The lowest BCUT2D eigenvalue weighted by Crippen LogP contribution is -2.44. The Labute approximate surface area is 187 Å². The first kappa shape index (κ1) is 23.3. The number of anilines is 2. The minimum absolute atomic E-state index is 0. The monoisotopic (exact) mass is 443 g/mol. The molecule has 0 aliphatic carbocycles. The Kier molecular flexibility index (Phi) is 8.35. The van der Waals surface area contributed by atoms with Gasteiger partial charge in [0.2, 0.25) is 5.91 Å². The van der Waals surface area contributed by atoms with E-state index in [4.69, 9.17) is 0 Å². The highest BCUT2D eigenvalue weighted by atomic mass is 35.5. The van der Waals surface area contributed by atoms with Crippen LogP contribution in [-0.2, 0) is 4.79 Å². The van der Waals surface area contributed by atoms with E-state index in [-0.39, 0.29) is 30.7 Å². The van der Waals surface area contributed by atoms with Gasteiger partial charge in [0.15, 0.2) is 0 Å². The van der Waals surface area contributed by atoms with Gasteiger partial charge in [0.25, 0.3) is 0 Å². The van der Waals surface area contributed by atoms with Crippen LogP contribution in [0.2, 0.25) is 0 Å². The summed E-state index contributed by atoms with van der Waals surface area (Å²) >= 11 is 0. The molecule has 4 rings (SSSR count). The van der Waals surface area contributed by atoms with E-state index in [9.17, 15) is 4.79 Å². The fraction of sp³-hybridized carbons (Fsp3) is 0.136. The van der Waals surface area contributed by atoms with Gasteiger partial charge in [0.05, 0.1) is 11.2 Å². The zero-order chi connectivity index (χ0) is 19.3. The van der Waals surface area contributed by atoms with Gasteiger partial charge in [-0.25, -0.2) is 10.4 Å². The average Bonchev–Trinajstić information content (AvgIpc) is 2.73. The van der Waals surface area contributed by atoms with Crippen LogP contribution in [0.15, 0.2) is 73.1 Å². The van der Waals surface area contributed by atoms with E-state index in [2.05, 4.69) is 45.0 Å². The number of hydrogen-bond acceptors (Lipinski definition) is 5. The number of para-hydroxylation sites is 1. The van der Waals surface area contributed by atoms with Crippen molar-refractivity contribution in [3.8, 4) is 0 Å². The van der Waals surface area contributed by atoms with Gasteiger partial charge >= 0.3 is 0 Å². The number of carbonyl (C=O) groups is 1. The van der Waals surface area contributed by atoms with Crippen molar-refractivity contribution < 1.29 is 4.79 Å². The van der Waals surface area contributed by atoms with Gasteiger partial charge < -0.3 is 5.32 Å². The Balaban J connectivity index is 0.00000160. The number of nitrogens with one attached hydrogen (secondary N) is 2. The van der Waals surface area contributed by atoms with Crippen LogP contribution < -0.4 is 15.8 Å². The predicted molar refractivity (Wildman–Crippen MR) is 128 cm³/mol. The second-order valence-electron chi connectivity index (χ2n) is 6.42. The molecule has 0 aliphatic rings. The number of rotatable bonds is 6. The lowest BCUT2D eigenvalue weighted by molar-refractivity contribution is -0.117. The van der Waals surface area contributed by atoms with Crippen LogP contribution in [0.25, 0.3) is 21.8 Å². The standard InChI is InChI=1S/C22H21N5O.2ClH/c1-16(28)27(21-11-5-10-20-22(21)25-13-12-24-20)26-15-14-23-19-9-4-7-17-6-2-3-8-18(17)19;;/h2-13,23,26H,14-15H2,1H3;2*1H. The summed E-state index contributed by atoms with van der Waals surface area (Å²) in [6, 6.07) is 20.1. The van der Waals surface area contributed by atoms with E-state index >= 15 is 0 Å². The largest absolute Gasteiger partial charge is 0.383 e. The third kappa shape index (κ3) is 4.97. The Morgan fingerprint density at radius 1 is 0.900 bits per heavy atom. The molecule has 0 saturated heterocycles. The predicted octanol–water partition coefficient (Wildman–Crippen LogP) is 4.60. The summed E-state index contributed by atoms with van der Waals surface area (Å²) in [5, 5.41) is 7.34. The number of aromatic nitrogens is 2. The van der Waals surface area contributed by atoms with Crippen LogP contribution in [0.3, 0.4) is 0 Å². The fourth-order valence-corrected chi connectivity index (χ4v) is 3.27. The topological polar surface area (TPSA) is 70.2 Å². The van der Waals surface area contributed by atoms with Gasteiger partial charge in [-0.05, 0) is 23.6 Å². The van der Waals surface area contributed by atoms with Crippen molar-refractivity contribution in [1.29, 1.82) is 0 Å². The average molecular weight is 444 g/mol. The Hall–Kier alpha value is -2.93. The van der Waals surface area contributed by atoms with Crippen LogP contribution in [-0.4, -0.2) is 29.0 Å². The molecule has 0 fully saturated rings. The number of fused-ring (bicyclic) bond motifs is 2. The zero-order valence-corrected chi connectivity index (χ0v) is 18.0. The second-order valence-corrected chi connectivity index (χ2v) is 6.42. The molecule has 6 nitrogen and oxygen atoms in total. The second kappa shape index (κ2) is 10.7. The van der Waals surface area contributed by atoms with Gasteiger partial charge in [-0.3, -0.25) is 14.8 Å². The summed E-state index contributed by atoms with van der Waals surface area (Å²) in [4.78, 5) is 20.9. The normalized spacial score (nSPS) is 10.2. The van der Waals surface area contributed by atoms with Crippen molar-refractivity contribution in [2.24, 2.45) is 0 Å². The van der Waals surface area contributed by atoms with Crippen LogP contribution >= 0.6 is 24.8 Å². The minimum atomic E-state index is -0.108. The van der Waals surface area contributed by atoms with Gasteiger partial charge in [-0.2, -0.15) is 0 Å². The molecule has 4 aromatic rings. The van der Waals surface area contributed by atoms with Gasteiger partial charge in [-0.1, -0.05) is 42.5 Å². The molecule has 0 aliphatic heterocycles. The molecule has 8 heteroatoms. The van der Waals surface area contributed by atoms with E-state index < -0.39 is 0 Å². The Bertz CT molecular complexity index is 1130. The van der Waals surface area contributed by atoms with E-state index in [0.717, 1.165) is 11.2 Å². The highest BCUT2D eigenvalue weighted by molar-refractivity contribution is 5.99. The SMILES string of the molecule is CC(=O)N(NCCNc1cccc2ccccc12)c1cccc2nccnc12.Cl.Cl. The number of hydrazine groups is 1. The smallest absolute Gasteiger partial charge is 0.238 e. The van der Waals surface area contributed by atoms with E-state index in [1.54, 1.807) is 12.4 Å². The molecule has 1 heterocycles. The third-order valence-corrected chi connectivity index (χ3v) is 4.53. The van der Waals surface area contributed by atoms with E-state index in [1.165, 1.54) is 22.7 Å².